The summed E-state index contributed by atoms with van der Waals surface area (Å²) in [4.78, 5) is 17.9. The van der Waals surface area contributed by atoms with Crippen LogP contribution in [0.15, 0.2) is 120 Å². The molecule has 1 heterocycles. The van der Waals surface area contributed by atoms with Crippen molar-refractivity contribution in [1.29, 1.82) is 0 Å². The average molecular weight is 574 g/mol. The Balaban J connectivity index is 1.31. The van der Waals surface area contributed by atoms with Crippen molar-refractivity contribution in [3.8, 4) is 0 Å². The summed E-state index contributed by atoms with van der Waals surface area (Å²) in [6.07, 6.45) is 0. The molecule has 206 valence electrons. The van der Waals surface area contributed by atoms with Gasteiger partial charge in [-0.1, -0.05) is 103 Å². The molecule has 0 N–H and O–H groups in total. The van der Waals surface area contributed by atoms with Gasteiger partial charge >= 0.3 is 0 Å². The van der Waals surface area contributed by atoms with E-state index in [0.29, 0.717) is 31.2 Å². The summed E-state index contributed by atoms with van der Waals surface area (Å²) in [6.45, 7) is 2.25. The first-order valence-electron chi connectivity index (χ1n) is 13.3. The van der Waals surface area contributed by atoms with Crippen molar-refractivity contribution in [3.05, 3.63) is 137 Å². The topological polar surface area (TPSA) is 60.9 Å². The van der Waals surface area contributed by atoms with Gasteiger partial charge < -0.3 is 4.90 Å². The van der Waals surface area contributed by atoms with E-state index >= 15 is 0 Å². The van der Waals surface area contributed by atoms with Gasteiger partial charge in [0.25, 0.3) is 0 Å². The second-order valence-electron chi connectivity index (χ2n) is 9.85. The SMILES string of the molecule is O=C(CN(Cc1ccc(Cl)cc1)S(=O)(=O)c1ccccc1)N1CCN(C(c2ccccc2)c2ccccc2)CC1. The summed E-state index contributed by atoms with van der Waals surface area (Å²) >= 11 is 6.04. The Kier molecular flexibility index (Phi) is 8.97. The number of piperazine rings is 1. The van der Waals surface area contributed by atoms with Crippen LogP contribution in [-0.2, 0) is 21.4 Å². The highest BCUT2D eigenvalue weighted by molar-refractivity contribution is 7.89. The van der Waals surface area contributed by atoms with Crippen LogP contribution < -0.4 is 0 Å². The number of benzene rings is 4. The van der Waals surface area contributed by atoms with E-state index in [2.05, 4.69) is 29.2 Å². The average Bonchev–Trinajstić information content (AvgIpc) is 3.00. The molecule has 8 heteroatoms. The minimum absolute atomic E-state index is 0.0736. The summed E-state index contributed by atoms with van der Waals surface area (Å²) < 4.78 is 28.5. The van der Waals surface area contributed by atoms with E-state index < -0.39 is 10.0 Å². The lowest BCUT2D eigenvalue weighted by Gasteiger charge is -2.40. The number of carbonyl (C=O) groups excluding carboxylic acids is 1. The molecule has 4 aromatic carbocycles. The zero-order chi connectivity index (χ0) is 28.0. The van der Waals surface area contributed by atoms with E-state index in [1.165, 1.54) is 15.4 Å². The van der Waals surface area contributed by atoms with Crippen LogP contribution in [0.1, 0.15) is 22.7 Å². The standard InChI is InChI=1S/C32H32ClN3O3S/c33-29-18-16-26(17-19-29)24-36(40(38,39)30-14-8-3-9-15-30)25-31(37)34-20-22-35(23-21-34)32(27-10-4-1-5-11-27)28-12-6-2-7-13-28/h1-19,32H,20-25H2. The molecular formula is C32H32ClN3O3S. The molecule has 0 atom stereocenters. The lowest BCUT2D eigenvalue weighted by Crippen LogP contribution is -2.52. The highest BCUT2D eigenvalue weighted by Crippen LogP contribution is 2.29. The van der Waals surface area contributed by atoms with Gasteiger partial charge in [0.15, 0.2) is 0 Å². The van der Waals surface area contributed by atoms with Crippen LogP contribution in [0.2, 0.25) is 5.02 Å². The van der Waals surface area contributed by atoms with Crippen molar-refractivity contribution in [3.63, 3.8) is 0 Å². The Morgan fingerprint density at radius 2 is 1.23 bits per heavy atom. The van der Waals surface area contributed by atoms with Crippen LogP contribution in [0.5, 0.6) is 0 Å². The first-order chi connectivity index (χ1) is 19.4. The number of nitrogens with zero attached hydrogens (tertiary/aromatic N) is 3. The predicted molar refractivity (Wildman–Crippen MR) is 158 cm³/mol. The van der Waals surface area contributed by atoms with Gasteiger partial charge in [0.05, 0.1) is 17.5 Å². The fourth-order valence-electron chi connectivity index (χ4n) is 5.13. The zero-order valence-electron chi connectivity index (χ0n) is 22.1. The van der Waals surface area contributed by atoms with Crippen LogP contribution in [0.3, 0.4) is 0 Å². The number of amides is 1. The Morgan fingerprint density at radius 1 is 0.725 bits per heavy atom. The molecule has 1 saturated heterocycles. The highest BCUT2D eigenvalue weighted by Gasteiger charge is 2.32. The van der Waals surface area contributed by atoms with Crippen LogP contribution in [0, 0.1) is 0 Å². The monoisotopic (exact) mass is 573 g/mol. The molecule has 40 heavy (non-hydrogen) atoms. The molecule has 0 radical (unpaired) electrons. The van der Waals surface area contributed by atoms with Crippen molar-refractivity contribution >= 4 is 27.5 Å². The lowest BCUT2D eigenvalue weighted by molar-refractivity contribution is -0.133. The maximum absolute atomic E-state index is 13.6. The van der Waals surface area contributed by atoms with Gasteiger partial charge in [-0.2, -0.15) is 4.31 Å². The smallest absolute Gasteiger partial charge is 0.243 e. The van der Waals surface area contributed by atoms with Crippen LogP contribution in [0.4, 0.5) is 0 Å². The van der Waals surface area contributed by atoms with Crippen molar-refractivity contribution in [1.82, 2.24) is 14.1 Å². The molecule has 6 nitrogen and oxygen atoms in total. The summed E-state index contributed by atoms with van der Waals surface area (Å²) in [6, 6.07) is 36.1. The first kappa shape index (κ1) is 28.1. The van der Waals surface area contributed by atoms with E-state index in [1.807, 2.05) is 36.4 Å². The largest absolute Gasteiger partial charge is 0.339 e. The molecular weight excluding hydrogens is 542 g/mol. The number of halogens is 1. The Morgan fingerprint density at radius 3 is 1.75 bits per heavy atom. The molecule has 1 fully saturated rings. The number of sulfonamides is 1. The number of carbonyl (C=O) groups is 1. The maximum atomic E-state index is 13.6. The van der Waals surface area contributed by atoms with Gasteiger partial charge in [-0.05, 0) is 41.0 Å². The van der Waals surface area contributed by atoms with Crippen molar-refractivity contribution < 1.29 is 13.2 Å². The van der Waals surface area contributed by atoms with Gasteiger partial charge in [-0.15, -0.1) is 0 Å². The third-order valence-electron chi connectivity index (χ3n) is 7.23. The molecule has 4 aromatic rings. The lowest BCUT2D eigenvalue weighted by atomic mass is 9.96. The molecule has 1 amide bonds. The fraction of sp³-hybridized carbons (Fsp3) is 0.219. The Hall–Kier alpha value is -3.49. The molecule has 1 aliphatic heterocycles. The fourth-order valence-corrected chi connectivity index (χ4v) is 6.65. The Labute approximate surface area is 241 Å². The first-order valence-corrected chi connectivity index (χ1v) is 15.1. The third-order valence-corrected chi connectivity index (χ3v) is 9.29. The highest BCUT2D eigenvalue weighted by atomic mass is 35.5. The number of hydrogen-bond donors (Lipinski definition) is 0. The molecule has 1 aliphatic rings. The predicted octanol–water partition coefficient (Wildman–Crippen LogP) is 5.46. The van der Waals surface area contributed by atoms with Gasteiger partial charge in [-0.3, -0.25) is 9.69 Å². The Bertz CT molecular complexity index is 1450. The molecule has 0 saturated carbocycles. The van der Waals surface area contributed by atoms with E-state index in [4.69, 9.17) is 11.6 Å². The van der Waals surface area contributed by atoms with E-state index in [1.54, 1.807) is 59.5 Å². The summed E-state index contributed by atoms with van der Waals surface area (Å²) in [5.41, 5.74) is 3.17. The number of rotatable bonds is 9. The molecule has 0 aliphatic carbocycles. The van der Waals surface area contributed by atoms with Gasteiger partial charge in [0, 0.05) is 37.7 Å². The zero-order valence-corrected chi connectivity index (χ0v) is 23.7. The van der Waals surface area contributed by atoms with Gasteiger partial charge in [-0.25, -0.2) is 8.42 Å². The minimum Gasteiger partial charge on any atom is -0.339 e. The second kappa shape index (κ2) is 12.8. The van der Waals surface area contributed by atoms with E-state index in [-0.39, 0.29) is 29.9 Å². The van der Waals surface area contributed by atoms with E-state index in [0.717, 1.165) is 5.56 Å². The minimum atomic E-state index is -3.90. The molecule has 0 bridgehead atoms. The summed E-state index contributed by atoms with van der Waals surface area (Å²) in [5, 5.41) is 0.569. The van der Waals surface area contributed by atoms with Gasteiger partial charge in [0.1, 0.15) is 0 Å². The molecule has 0 unspecified atom stereocenters. The van der Waals surface area contributed by atoms with Crippen molar-refractivity contribution in [2.45, 2.75) is 17.5 Å². The van der Waals surface area contributed by atoms with Gasteiger partial charge in [0.2, 0.25) is 15.9 Å². The number of hydrogen-bond acceptors (Lipinski definition) is 4. The summed E-state index contributed by atoms with van der Waals surface area (Å²) in [5.74, 6) is -0.205. The second-order valence-corrected chi connectivity index (χ2v) is 12.2. The quantitative estimate of drug-likeness (QED) is 0.267. The third kappa shape index (κ3) is 6.62. The van der Waals surface area contributed by atoms with E-state index in [9.17, 15) is 13.2 Å². The molecule has 0 spiro atoms. The molecule has 0 aromatic heterocycles. The molecule has 5 rings (SSSR count). The van der Waals surface area contributed by atoms with Crippen molar-refractivity contribution in [2.24, 2.45) is 0 Å². The van der Waals surface area contributed by atoms with Crippen molar-refractivity contribution in [2.75, 3.05) is 32.7 Å². The normalized spacial score (nSPS) is 14.5. The van der Waals surface area contributed by atoms with Crippen LogP contribution >= 0.6 is 11.6 Å². The van der Waals surface area contributed by atoms with Crippen LogP contribution in [-0.4, -0.2) is 61.2 Å². The van der Waals surface area contributed by atoms with Crippen LogP contribution in [0.25, 0.3) is 0 Å². The maximum Gasteiger partial charge on any atom is 0.243 e. The summed E-state index contributed by atoms with van der Waals surface area (Å²) in [7, 11) is -3.90.